The zero-order chi connectivity index (χ0) is 13.0. The number of aryl methyl sites for hydroxylation is 2. The first-order chi connectivity index (χ1) is 8.77. The van der Waals surface area contributed by atoms with Gasteiger partial charge in [-0.15, -0.1) is 0 Å². The van der Waals surface area contributed by atoms with Crippen molar-refractivity contribution in [1.82, 2.24) is 0 Å². The van der Waals surface area contributed by atoms with Crippen LogP contribution in [0.15, 0.2) is 48.5 Å². The van der Waals surface area contributed by atoms with Crippen molar-refractivity contribution in [3.63, 3.8) is 0 Å². The molecular weight excluding hydrogens is 219 g/mol. The predicted molar refractivity (Wildman–Crippen MR) is 78.9 cm³/mol. The van der Waals surface area contributed by atoms with E-state index in [-0.39, 0.29) is 0 Å². The molecule has 0 amide bonds. The normalized spacial score (nSPS) is 10.4. The van der Waals surface area contributed by atoms with Crippen molar-refractivity contribution in [3.8, 4) is 0 Å². The lowest BCUT2D eigenvalue weighted by Crippen LogP contribution is -2.45. The Morgan fingerprint density at radius 1 is 0.778 bits per heavy atom. The van der Waals surface area contributed by atoms with Gasteiger partial charge in [0.1, 0.15) is 0 Å². The van der Waals surface area contributed by atoms with E-state index >= 15 is 0 Å². The summed E-state index contributed by atoms with van der Waals surface area (Å²) in [6.45, 7) is 3.73. The monoisotopic (exact) mass is 238 g/mol. The van der Waals surface area contributed by atoms with E-state index in [0.717, 1.165) is 23.8 Å². The van der Waals surface area contributed by atoms with Gasteiger partial charge in [0.25, 0.3) is 0 Å². The van der Waals surface area contributed by atoms with E-state index in [2.05, 4.69) is 26.0 Å². The lowest BCUT2D eigenvalue weighted by Gasteiger charge is -2.14. The van der Waals surface area contributed by atoms with Crippen LogP contribution in [0.5, 0.6) is 0 Å². The molecule has 2 aromatic rings. The molecule has 2 heteroatoms. The molecule has 0 aromatic heterocycles. The van der Waals surface area contributed by atoms with E-state index in [1.807, 2.05) is 36.4 Å². The Balaban J connectivity index is 2.44. The Bertz CT molecular complexity index is 475. The SMILES string of the molecule is CCc1ccccc1B(O)c1ccccc1CC. The van der Waals surface area contributed by atoms with E-state index in [1.165, 1.54) is 11.1 Å². The Hall–Kier alpha value is -1.54. The van der Waals surface area contributed by atoms with Gasteiger partial charge in [0.05, 0.1) is 0 Å². The Labute approximate surface area is 110 Å². The zero-order valence-electron chi connectivity index (χ0n) is 11.1. The molecule has 0 bridgehead atoms. The van der Waals surface area contributed by atoms with Crippen LogP contribution in [0.25, 0.3) is 0 Å². The maximum atomic E-state index is 10.6. The molecule has 0 radical (unpaired) electrons. The topological polar surface area (TPSA) is 20.2 Å². The summed E-state index contributed by atoms with van der Waals surface area (Å²) in [5.41, 5.74) is 4.49. The second-order valence-corrected chi connectivity index (χ2v) is 4.51. The highest BCUT2D eigenvalue weighted by molar-refractivity contribution is 6.79. The van der Waals surface area contributed by atoms with E-state index in [9.17, 15) is 5.02 Å². The molecule has 2 aromatic carbocycles. The first kappa shape index (κ1) is 12.9. The summed E-state index contributed by atoms with van der Waals surface area (Å²) in [5.74, 6) is 0. The van der Waals surface area contributed by atoms with Gasteiger partial charge in [0, 0.05) is 0 Å². The van der Waals surface area contributed by atoms with E-state index in [4.69, 9.17) is 0 Å². The van der Waals surface area contributed by atoms with Crippen molar-refractivity contribution in [2.75, 3.05) is 0 Å². The third kappa shape index (κ3) is 2.49. The zero-order valence-corrected chi connectivity index (χ0v) is 11.1. The van der Waals surface area contributed by atoms with E-state index in [0.29, 0.717) is 0 Å². The third-order valence-corrected chi connectivity index (χ3v) is 3.46. The molecule has 0 atom stereocenters. The van der Waals surface area contributed by atoms with Crippen LogP contribution in [-0.4, -0.2) is 11.9 Å². The molecule has 0 unspecified atom stereocenters. The van der Waals surface area contributed by atoms with Crippen LogP contribution in [0.1, 0.15) is 25.0 Å². The first-order valence-corrected chi connectivity index (χ1v) is 6.61. The third-order valence-electron chi connectivity index (χ3n) is 3.46. The minimum Gasteiger partial charge on any atom is -0.443 e. The van der Waals surface area contributed by atoms with Gasteiger partial charge in [-0.3, -0.25) is 0 Å². The summed E-state index contributed by atoms with van der Waals surface area (Å²) >= 11 is 0. The van der Waals surface area contributed by atoms with Crippen LogP contribution in [0, 0.1) is 0 Å². The molecule has 0 aliphatic carbocycles. The fraction of sp³-hybridized carbons (Fsp3) is 0.250. The molecule has 2 rings (SSSR count). The van der Waals surface area contributed by atoms with Crippen molar-refractivity contribution in [1.29, 1.82) is 0 Å². The van der Waals surface area contributed by atoms with Crippen LogP contribution < -0.4 is 10.9 Å². The minimum atomic E-state index is -0.516. The molecule has 0 spiro atoms. The Morgan fingerprint density at radius 2 is 1.17 bits per heavy atom. The van der Waals surface area contributed by atoms with Gasteiger partial charge >= 0.3 is 6.92 Å². The standard InChI is InChI=1S/C16H19BO/c1-3-13-9-5-7-11-15(13)17(18)16-12-8-6-10-14(16)4-2/h5-12,18H,3-4H2,1-2H3. The van der Waals surface area contributed by atoms with Gasteiger partial charge in [-0.25, -0.2) is 0 Å². The van der Waals surface area contributed by atoms with Crippen molar-refractivity contribution in [2.24, 2.45) is 0 Å². The summed E-state index contributed by atoms with van der Waals surface area (Å²) in [6, 6.07) is 16.3. The molecule has 0 aliphatic rings. The number of rotatable bonds is 4. The molecule has 18 heavy (non-hydrogen) atoms. The second kappa shape index (κ2) is 5.88. The fourth-order valence-electron chi connectivity index (χ4n) is 2.41. The van der Waals surface area contributed by atoms with E-state index < -0.39 is 6.92 Å². The summed E-state index contributed by atoms with van der Waals surface area (Å²) in [6.07, 6.45) is 1.89. The highest BCUT2D eigenvalue weighted by atomic mass is 16.2. The molecule has 0 fully saturated rings. The van der Waals surface area contributed by atoms with Crippen LogP contribution in [0.4, 0.5) is 0 Å². The molecular formula is C16H19BO. The largest absolute Gasteiger partial charge is 0.443 e. The molecule has 0 saturated heterocycles. The number of benzene rings is 2. The molecule has 0 saturated carbocycles. The van der Waals surface area contributed by atoms with Gasteiger partial charge < -0.3 is 5.02 Å². The van der Waals surface area contributed by atoms with Crippen LogP contribution in [0.2, 0.25) is 0 Å². The number of hydrogen-bond donors (Lipinski definition) is 1. The van der Waals surface area contributed by atoms with Gasteiger partial charge in [-0.2, -0.15) is 0 Å². The summed E-state index contributed by atoms with van der Waals surface area (Å²) in [7, 11) is 0. The quantitative estimate of drug-likeness (QED) is 0.806. The van der Waals surface area contributed by atoms with Crippen molar-refractivity contribution < 1.29 is 5.02 Å². The predicted octanol–water partition coefficient (Wildman–Crippen LogP) is 1.91. The highest BCUT2D eigenvalue weighted by Gasteiger charge is 2.21. The Kier molecular flexibility index (Phi) is 4.21. The fourth-order valence-corrected chi connectivity index (χ4v) is 2.41. The van der Waals surface area contributed by atoms with Gasteiger partial charge in [0.15, 0.2) is 0 Å². The second-order valence-electron chi connectivity index (χ2n) is 4.51. The lowest BCUT2D eigenvalue weighted by atomic mass is 9.53. The van der Waals surface area contributed by atoms with Gasteiger partial charge in [-0.05, 0) is 23.8 Å². The summed E-state index contributed by atoms with van der Waals surface area (Å²) in [5, 5.41) is 10.6. The maximum absolute atomic E-state index is 10.6. The molecule has 0 heterocycles. The van der Waals surface area contributed by atoms with Crippen LogP contribution in [-0.2, 0) is 12.8 Å². The minimum absolute atomic E-state index is 0.516. The van der Waals surface area contributed by atoms with Crippen molar-refractivity contribution in [2.45, 2.75) is 26.7 Å². The lowest BCUT2D eigenvalue weighted by molar-refractivity contribution is 0.599. The molecule has 1 N–H and O–H groups in total. The summed E-state index contributed by atoms with van der Waals surface area (Å²) in [4.78, 5) is 0. The maximum Gasteiger partial charge on any atom is 0.359 e. The average Bonchev–Trinajstić information content (AvgIpc) is 2.46. The van der Waals surface area contributed by atoms with Gasteiger partial charge in [-0.1, -0.05) is 73.5 Å². The first-order valence-electron chi connectivity index (χ1n) is 6.61. The average molecular weight is 238 g/mol. The number of hydrogen-bond acceptors (Lipinski definition) is 1. The Morgan fingerprint density at radius 3 is 1.56 bits per heavy atom. The van der Waals surface area contributed by atoms with Crippen molar-refractivity contribution in [3.05, 3.63) is 59.7 Å². The van der Waals surface area contributed by atoms with E-state index in [1.54, 1.807) is 0 Å². The molecule has 0 aliphatic heterocycles. The molecule has 1 nitrogen and oxygen atoms in total. The highest BCUT2D eigenvalue weighted by Crippen LogP contribution is 2.03. The molecule has 92 valence electrons. The smallest absolute Gasteiger partial charge is 0.359 e. The van der Waals surface area contributed by atoms with Crippen LogP contribution >= 0.6 is 0 Å². The van der Waals surface area contributed by atoms with Crippen molar-refractivity contribution >= 4 is 17.8 Å². The van der Waals surface area contributed by atoms with Gasteiger partial charge in [0.2, 0.25) is 0 Å². The summed E-state index contributed by atoms with van der Waals surface area (Å²) < 4.78 is 0. The van der Waals surface area contributed by atoms with Crippen LogP contribution in [0.3, 0.4) is 0 Å².